The molecule has 0 unspecified atom stereocenters. The highest BCUT2D eigenvalue weighted by Gasteiger charge is 1.99. The van der Waals surface area contributed by atoms with E-state index in [1.165, 1.54) is 6.33 Å². The molecule has 1 heterocycles. The Hall–Kier alpha value is -1.45. The predicted molar refractivity (Wildman–Crippen MR) is 35.3 cm³/mol. The monoisotopic (exact) mass is 137 g/mol. The zero-order valence-electron chi connectivity index (χ0n) is 5.53. The summed E-state index contributed by atoms with van der Waals surface area (Å²) >= 11 is 0. The van der Waals surface area contributed by atoms with Crippen LogP contribution in [0.4, 0.5) is 0 Å². The van der Waals surface area contributed by atoms with Crippen molar-refractivity contribution in [2.75, 3.05) is 0 Å². The first-order chi connectivity index (χ1) is 4.70. The molecular weight excluding hydrogens is 130 g/mol. The quantitative estimate of drug-likeness (QED) is 0.586. The van der Waals surface area contributed by atoms with E-state index in [4.69, 9.17) is 5.73 Å². The summed E-state index contributed by atoms with van der Waals surface area (Å²) in [5.41, 5.74) is 5.95. The van der Waals surface area contributed by atoms with Crippen LogP contribution in [0.25, 0.3) is 0 Å². The van der Waals surface area contributed by atoms with Gasteiger partial charge in [-0.25, -0.2) is 9.97 Å². The molecule has 0 aromatic carbocycles. The molecule has 1 aromatic rings. The van der Waals surface area contributed by atoms with Gasteiger partial charge in [0.2, 0.25) is 0 Å². The number of carbonyl (C=O) groups is 1. The fraction of sp³-hybridized carbons (Fsp3) is 0.167. The van der Waals surface area contributed by atoms with Crippen molar-refractivity contribution < 1.29 is 4.79 Å². The maximum Gasteiger partial charge on any atom is 0.267 e. The number of hydrogen-bond donors (Lipinski definition) is 1. The van der Waals surface area contributed by atoms with Crippen LogP contribution in [0.2, 0.25) is 0 Å². The van der Waals surface area contributed by atoms with Gasteiger partial charge in [0.15, 0.2) is 0 Å². The Morgan fingerprint density at radius 2 is 2.30 bits per heavy atom. The molecule has 4 nitrogen and oxygen atoms in total. The molecular formula is C6H7N3O. The number of primary amides is 1. The third-order valence-electron chi connectivity index (χ3n) is 1.06. The molecule has 0 fully saturated rings. The van der Waals surface area contributed by atoms with Gasteiger partial charge in [-0.3, -0.25) is 4.79 Å². The minimum atomic E-state index is -0.523. The van der Waals surface area contributed by atoms with Crippen LogP contribution in [-0.4, -0.2) is 15.9 Å². The van der Waals surface area contributed by atoms with E-state index in [1.54, 1.807) is 13.0 Å². The van der Waals surface area contributed by atoms with Crippen LogP contribution in [0.1, 0.15) is 16.2 Å². The molecule has 0 saturated carbocycles. The second-order valence-electron chi connectivity index (χ2n) is 1.91. The van der Waals surface area contributed by atoms with E-state index >= 15 is 0 Å². The molecule has 1 amide bonds. The van der Waals surface area contributed by atoms with Crippen LogP contribution in [0.15, 0.2) is 12.4 Å². The van der Waals surface area contributed by atoms with Gasteiger partial charge in [-0.2, -0.15) is 0 Å². The van der Waals surface area contributed by atoms with Gasteiger partial charge in [0.1, 0.15) is 12.0 Å². The van der Waals surface area contributed by atoms with Crippen LogP contribution in [0, 0.1) is 6.92 Å². The molecule has 0 radical (unpaired) electrons. The first-order valence-corrected chi connectivity index (χ1v) is 2.78. The van der Waals surface area contributed by atoms with E-state index in [0.29, 0.717) is 0 Å². The van der Waals surface area contributed by atoms with Gasteiger partial charge >= 0.3 is 0 Å². The average molecular weight is 137 g/mol. The van der Waals surface area contributed by atoms with Crippen LogP contribution >= 0.6 is 0 Å². The normalized spacial score (nSPS) is 9.30. The largest absolute Gasteiger partial charge is 0.364 e. The molecule has 0 aliphatic heterocycles. The lowest BCUT2D eigenvalue weighted by Crippen LogP contribution is -2.13. The maximum absolute atomic E-state index is 10.5. The molecule has 52 valence electrons. The van der Waals surface area contributed by atoms with Crippen molar-refractivity contribution in [1.29, 1.82) is 0 Å². The topological polar surface area (TPSA) is 68.9 Å². The van der Waals surface area contributed by atoms with E-state index in [0.717, 1.165) is 5.69 Å². The van der Waals surface area contributed by atoms with E-state index < -0.39 is 5.91 Å². The third-order valence-corrected chi connectivity index (χ3v) is 1.06. The standard InChI is InChI=1S/C6H7N3O/c1-4-2-5(6(7)10)9-3-8-4/h2-3H,1H3,(H2,7,10). The number of nitrogens with zero attached hydrogens (tertiary/aromatic N) is 2. The van der Waals surface area contributed by atoms with Crippen molar-refractivity contribution in [1.82, 2.24) is 9.97 Å². The Kier molecular flexibility index (Phi) is 1.62. The Bertz CT molecular complexity index is 259. The minimum absolute atomic E-state index is 0.257. The van der Waals surface area contributed by atoms with Gasteiger partial charge in [-0.15, -0.1) is 0 Å². The van der Waals surface area contributed by atoms with E-state index in [2.05, 4.69) is 9.97 Å². The lowest BCUT2D eigenvalue weighted by atomic mass is 10.3. The third kappa shape index (κ3) is 1.28. The Labute approximate surface area is 58.1 Å². The summed E-state index contributed by atoms with van der Waals surface area (Å²) in [5.74, 6) is -0.523. The molecule has 0 bridgehead atoms. The van der Waals surface area contributed by atoms with Crippen LogP contribution in [0.3, 0.4) is 0 Å². The Balaban J connectivity index is 3.07. The first-order valence-electron chi connectivity index (χ1n) is 2.78. The molecule has 0 atom stereocenters. The number of carbonyl (C=O) groups excluding carboxylic acids is 1. The molecule has 1 rings (SSSR count). The lowest BCUT2D eigenvalue weighted by Gasteiger charge is -1.92. The summed E-state index contributed by atoms with van der Waals surface area (Å²) in [6.07, 6.45) is 1.31. The zero-order chi connectivity index (χ0) is 7.56. The highest BCUT2D eigenvalue weighted by Crippen LogP contribution is 1.93. The molecule has 2 N–H and O–H groups in total. The van der Waals surface area contributed by atoms with E-state index in [1.807, 2.05) is 0 Å². The van der Waals surface area contributed by atoms with Gasteiger partial charge in [0.25, 0.3) is 5.91 Å². The van der Waals surface area contributed by atoms with Gasteiger partial charge in [-0.1, -0.05) is 0 Å². The summed E-state index contributed by atoms with van der Waals surface area (Å²) in [7, 11) is 0. The first kappa shape index (κ1) is 6.67. The maximum atomic E-state index is 10.5. The summed E-state index contributed by atoms with van der Waals surface area (Å²) in [5, 5.41) is 0. The summed E-state index contributed by atoms with van der Waals surface area (Å²) in [4.78, 5) is 17.9. The molecule has 0 aliphatic rings. The second kappa shape index (κ2) is 2.43. The Morgan fingerprint density at radius 1 is 1.60 bits per heavy atom. The van der Waals surface area contributed by atoms with Crippen LogP contribution in [0.5, 0.6) is 0 Å². The molecule has 0 spiro atoms. The summed E-state index contributed by atoms with van der Waals surface area (Å²) < 4.78 is 0. The number of aromatic nitrogens is 2. The number of aryl methyl sites for hydroxylation is 1. The predicted octanol–water partition coefficient (Wildman–Crippen LogP) is -0.116. The fourth-order valence-corrected chi connectivity index (χ4v) is 0.589. The number of nitrogens with two attached hydrogens (primary N) is 1. The fourth-order valence-electron chi connectivity index (χ4n) is 0.589. The summed E-state index contributed by atoms with van der Waals surface area (Å²) in [6, 6.07) is 1.54. The lowest BCUT2D eigenvalue weighted by molar-refractivity contribution is 0.0995. The zero-order valence-corrected chi connectivity index (χ0v) is 5.53. The van der Waals surface area contributed by atoms with Crippen molar-refractivity contribution >= 4 is 5.91 Å². The highest BCUT2D eigenvalue weighted by molar-refractivity contribution is 5.90. The molecule has 0 aliphatic carbocycles. The molecule has 1 aromatic heterocycles. The van der Waals surface area contributed by atoms with Crippen LogP contribution in [-0.2, 0) is 0 Å². The van der Waals surface area contributed by atoms with Crippen molar-refractivity contribution in [2.24, 2.45) is 5.73 Å². The smallest absolute Gasteiger partial charge is 0.267 e. The SMILES string of the molecule is Cc1cc(C(N)=O)ncn1. The highest BCUT2D eigenvalue weighted by atomic mass is 16.1. The Morgan fingerprint density at radius 3 is 2.70 bits per heavy atom. The van der Waals surface area contributed by atoms with Gasteiger partial charge in [0.05, 0.1) is 0 Å². The molecule has 10 heavy (non-hydrogen) atoms. The molecule has 4 heteroatoms. The molecule has 0 saturated heterocycles. The number of hydrogen-bond acceptors (Lipinski definition) is 3. The van der Waals surface area contributed by atoms with E-state index in [9.17, 15) is 4.79 Å². The second-order valence-corrected chi connectivity index (χ2v) is 1.91. The van der Waals surface area contributed by atoms with E-state index in [-0.39, 0.29) is 5.69 Å². The van der Waals surface area contributed by atoms with Crippen LogP contribution < -0.4 is 5.73 Å². The van der Waals surface area contributed by atoms with Gasteiger partial charge in [0, 0.05) is 5.69 Å². The van der Waals surface area contributed by atoms with Crippen molar-refractivity contribution in [2.45, 2.75) is 6.92 Å². The number of amides is 1. The van der Waals surface area contributed by atoms with Gasteiger partial charge < -0.3 is 5.73 Å². The van der Waals surface area contributed by atoms with Crippen molar-refractivity contribution in [3.8, 4) is 0 Å². The van der Waals surface area contributed by atoms with Crippen molar-refractivity contribution in [3.63, 3.8) is 0 Å². The average Bonchev–Trinajstić information content (AvgIpc) is 1.88. The van der Waals surface area contributed by atoms with Crippen molar-refractivity contribution in [3.05, 3.63) is 23.8 Å². The number of rotatable bonds is 1. The minimum Gasteiger partial charge on any atom is -0.364 e. The summed E-state index contributed by atoms with van der Waals surface area (Å²) in [6.45, 7) is 1.77. The van der Waals surface area contributed by atoms with Gasteiger partial charge in [-0.05, 0) is 13.0 Å².